The molecule has 0 aromatic heterocycles. The Hall–Kier alpha value is -2.37. The highest BCUT2D eigenvalue weighted by molar-refractivity contribution is 6.39. The van der Waals surface area contributed by atoms with Crippen LogP contribution in [0.2, 0.25) is 0 Å². The fourth-order valence-corrected chi connectivity index (χ4v) is 2.83. The van der Waals surface area contributed by atoms with E-state index in [-0.39, 0.29) is 30.2 Å². The number of anilines is 1. The smallest absolute Gasteiger partial charge is 0.288 e. The van der Waals surface area contributed by atoms with Crippen molar-refractivity contribution < 1.29 is 9.59 Å². The Morgan fingerprint density at radius 1 is 1.18 bits per heavy atom. The van der Waals surface area contributed by atoms with Crippen molar-refractivity contribution in [3.05, 3.63) is 30.3 Å². The Bertz CT molecular complexity index is 579. The van der Waals surface area contributed by atoms with E-state index in [1.807, 2.05) is 30.3 Å². The normalized spacial score (nSPS) is 19.4. The van der Waals surface area contributed by atoms with Gasteiger partial charge in [-0.05, 0) is 25.0 Å². The molecule has 1 aromatic rings. The summed E-state index contributed by atoms with van der Waals surface area (Å²) in [5.41, 5.74) is 3.53. The zero-order valence-electron chi connectivity index (χ0n) is 12.4. The third-order valence-electron chi connectivity index (χ3n) is 4.01. The first kappa shape index (κ1) is 14.6. The van der Waals surface area contributed by atoms with Crippen molar-refractivity contribution in [2.24, 2.45) is 4.99 Å². The summed E-state index contributed by atoms with van der Waals surface area (Å²) in [6.45, 7) is -0.0185. The second-order valence-corrected chi connectivity index (χ2v) is 5.65. The lowest BCUT2D eigenvalue weighted by molar-refractivity contribution is -0.118. The standard InChI is InChI=1S/C16H20N4O2/c21-14-11-17-15(16(22)18-12-7-3-1-4-8-12)19-20(14)13-9-5-2-6-10-13/h2,5-6,9-10,12H,1,3-4,7-8,11H2,(H,17,19)(H,18,22). The highest BCUT2D eigenvalue weighted by Crippen LogP contribution is 2.17. The van der Waals surface area contributed by atoms with Gasteiger partial charge in [-0.25, -0.2) is 5.01 Å². The van der Waals surface area contributed by atoms with Crippen molar-refractivity contribution >= 4 is 23.3 Å². The monoisotopic (exact) mass is 300 g/mol. The molecule has 2 amide bonds. The van der Waals surface area contributed by atoms with E-state index in [0.29, 0.717) is 5.69 Å². The molecule has 6 nitrogen and oxygen atoms in total. The number of aliphatic imine (C=N–C) groups is 1. The summed E-state index contributed by atoms with van der Waals surface area (Å²) >= 11 is 0. The molecule has 0 spiro atoms. The molecule has 116 valence electrons. The molecule has 1 fully saturated rings. The molecule has 1 aliphatic heterocycles. The van der Waals surface area contributed by atoms with Gasteiger partial charge in [0.1, 0.15) is 6.54 Å². The number of amides is 2. The van der Waals surface area contributed by atoms with Crippen LogP contribution in [-0.4, -0.2) is 30.2 Å². The maximum Gasteiger partial charge on any atom is 0.288 e. The van der Waals surface area contributed by atoms with Crippen molar-refractivity contribution in [1.82, 2.24) is 10.7 Å². The van der Waals surface area contributed by atoms with Crippen molar-refractivity contribution in [3.8, 4) is 0 Å². The van der Waals surface area contributed by atoms with E-state index >= 15 is 0 Å². The Balaban J connectivity index is 1.66. The number of nitrogens with one attached hydrogen (secondary N) is 2. The summed E-state index contributed by atoms with van der Waals surface area (Å²) in [5.74, 6) is -0.213. The van der Waals surface area contributed by atoms with Gasteiger partial charge in [-0.2, -0.15) is 0 Å². The molecule has 0 unspecified atom stereocenters. The van der Waals surface area contributed by atoms with Gasteiger partial charge in [-0.1, -0.05) is 37.5 Å². The molecule has 2 aliphatic rings. The number of hydrogen-bond acceptors (Lipinski definition) is 4. The Kier molecular flexibility index (Phi) is 4.37. The van der Waals surface area contributed by atoms with E-state index in [1.165, 1.54) is 11.4 Å². The lowest BCUT2D eigenvalue weighted by Gasteiger charge is -2.29. The lowest BCUT2D eigenvalue weighted by atomic mass is 9.95. The lowest BCUT2D eigenvalue weighted by Crippen LogP contribution is -2.56. The van der Waals surface area contributed by atoms with Gasteiger partial charge in [0.25, 0.3) is 11.8 Å². The van der Waals surface area contributed by atoms with Crippen molar-refractivity contribution in [3.63, 3.8) is 0 Å². The SMILES string of the molecule is O=C(NC1CCCCC1)C1=NCC(=O)N(c2ccccc2)N1. The molecule has 0 saturated heterocycles. The third kappa shape index (κ3) is 3.27. The van der Waals surface area contributed by atoms with Gasteiger partial charge in [0, 0.05) is 6.04 Å². The van der Waals surface area contributed by atoms with Gasteiger partial charge in [0.05, 0.1) is 5.69 Å². The summed E-state index contributed by atoms with van der Waals surface area (Å²) in [5, 5.41) is 4.38. The van der Waals surface area contributed by atoms with Gasteiger partial charge < -0.3 is 5.32 Å². The number of para-hydroxylation sites is 1. The minimum atomic E-state index is -0.236. The Labute approximate surface area is 129 Å². The number of carbonyl (C=O) groups is 2. The van der Waals surface area contributed by atoms with Crippen molar-refractivity contribution in [1.29, 1.82) is 0 Å². The summed E-state index contributed by atoms with van der Waals surface area (Å²) < 4.78 is 0. The number of benzene rings is 1. The van der Waals surface area contributed by atoms with Gasteiger partial charge in [0.15, 0.2) is 0 Å². The number of rotatable bonds is 3. The van der Waals surface area contributed by atoms with Crippen LogP contribution in [-0.2, 0) is 9.59 Å². The molecular formula is C16H20N4O2. The first-order chi connectivity index (χ1) is 10.7. The number of hydrogen-bond donors (Lipinski definition) is 2. The van der Waals surface area contributed by atoms with Crippen molar-refractivity contribution in [2.45, 2.75) is 38.1 Å². The van der Waals surface area contributed by atoms with Gasteiger partial charge in [-0.15, -0.1) is 0 Å². The molecule has 22 heavy (non-hydrogen) atoms. The molecule has 0 atom stereocenters. The predicted octanol–water partition coefficient (Wildman–Crippen LogP) is 1.39. The molecular weight excluding hydrogens is 280 g/mol. The topological polar surface area (TPSA) is 73.8 Å². The van der Waals surface area contributed by atoms with E-state index in [0.717, 1.165) is 25.7 Å². The largest absolute Gasteiger partial charge is 0.347 e. The van der Waals surface area contributed by atoms with E-state index in [9.17, 15) is 9.59 Å². The minimum absolute atomic E-state index is 0.0185. The fourth-order valence-electron chi connectivity index (χ4n) is 2.83. The van der Waals surface area contributed by atoms with E-state index < -0.39 is 0 Å². The second-order valence-electron chi connectivity index (χ2n) is 5.65. The number of hydrazine groups is 1. The summed E-state index contributed by atoms with van der Waals surface area (Å²) in [6, 6.07) is 9.41. The zero-order valence-corrected chi connectivity index (χ0v) is 12.4. The van der Waals surface area contributed by atoms with Crippen LogP contribution in [0.5, 0.6) is 0 Å². The summed E-state index contributed by atoms with van der Waals surface area (Å²) in [4.78, 5) is 28.3. The van der Waals surface area contributed by atoms with Crippen LogP contribution in [0.1, 0.15) is 32.1 Å². The zero-order chi connectivity index (χ0) is 15.4. The quantitative estimate of drug-likeness (QED) is 0.886. The fraction of sp³-hybridized carbons (Fsp3) is 0.438. The van der Waals surface area contributed by atoms with E-state index in [4.69, 9.17) is 0 Å². The van der Waals surface area contributed by atoms with Crippen LogP contribution >= 0.6 is 0 Å². The van der Waals surface area contributed by atoms with Crippen LogP contribution in [0, 0.1) is 0 Å². The molecule has 1 heterocycles. The molecule has 6 heteroatoms. The van der Waals surface area contributed by atoms with Gasteiger partial charge in [-0.3, -0.25) is 20.0 Å². The average molecular weight is 300 g/mol. The Morgan fingerprint density at radius 2 is 1.91 bits per heavy atom. The number of nitrogens with zero attached hydrogens (tertiary/aromatic N) is 2. The molecule has 1 aromatic carbocycles. The maximum absolute atomic E-state index is 12.3. The first-order valence-corrected chi connectivity index (χ1v) is 7.74. The Morgan fingerprint density at radius 3 is 2.64 bits per heavy atom. The highest BCUT2D eigenvalue weighted by Gasteiger charge is 2.26. The van der Waals surface area contributed by atoms with Crippen LogP contribution in [0.25, 0.3) is 0 Å². The van der Waals surface area contributed by atoms with Crippen LogP contribution in [0.4, 0.5) is 5.69 Å². The van der Waals surface area contributed by atoms with Crippen LogP contribution in [0.15, 0.2) is 35.3 Å². The number of amidine groups is 1. The molecule has 1 saturated carbocycles. The molecule has 0 radical (unpaired) electrons. The van der Waals surface area contributed by atoms with Crippen LogP contribution < -0.4 is 15.8 Å². The molecule has 2 N–H and O–H groups in total. The minimum Gasteiger partial charge on any atom is -0.347 e. The van der Waals surface area contributed by atoms with E-state index in [2.05, 4.69) is 15.7 Å². The highest BCUT2D eigenvalue weighted by atomic mass is 16.2. The summed E-state index contributed by atoms with van der Waals surface area (Å²) in [6.07, 6.45) is 5.57. The number of carbonyl (C=O) groups excluding carboxylic acids is 2. The predicted molar refractivity (Wildman–Crippen MR) is 84.4 cm³/mol. The average Bonchev–Trinajstić information content (AvgIpc) is 2.57. The third-order valence-corrected chi connectivity index (χ3v) is 4.01. The van der Waals surface area contributed by atoms with Crippen LogP contribution in [0.3, 0.4) is 0 Å². The summed E-state index contributed by atoms with van der Waals surface area (Å²) in [7, 11) is 0. The van der Waals surface area contributed by atoms with Crippen molar-refractivity contribution in [2.75, 3.05) is 11.6 Å². The molecule has 3 rings (SSSR count). The second kappa shape index (κ2) is 6.60. The first-order valence-electron chi connectivity index (χ1n) is 7.74. The van der Waals surface area contributed by atoms with Gasteiger partial charge >= 0.3 is 0 Å². The van der Waals surface area contributed by atoms with E-state index in [1.54, 1.807) is 0 Å². The molecule has 0 bridgehead atoms. The maximum atomic E-state index is 12.3. The van der Waals surface area contributed by atoms with Gasteiger partial charge in [0.2, 0.25) is 5.84 Å². The molecule has 1 aliphatic carbocycles.